The zero-order chi connectivity index (χ0) is 14.6. The van der Waals surface area contributed by atoms with Crippen molar-refractivity contribution in [2.75, 3.05) is 32.6 Å². The molecule has 108 valence electrons. The number of hydrogen-bond donors (Lipinski definition) is 1. The largest absolute Gasteiger partial charge is 0.496 e. The van der Waals surface area contributed by atoms with E-state index >= 15 is 0 Å². The summed E-state index contributed by atoms with van der Waals surface area (Å²) in [5.74, 6) is 0.577. The van der Waals surface area contributed by atoms with Crippen molar-refractivity contribution >= 4 is 5.69 Å². The van der Waals surface area contributed by atoms with Gasteiger partial charge >= 0.3 is 6.18 Å². The maximum Gasteiger partial charge on any atom is 0.405 e. The van der Waals surface area contributed by atoms with Crippen LogP contribution in [0.25, 0.3) is 0 Å². The minimum absolute atomic E-state index is 0.109. The highest BCUT2D eigenvalue weighted by Crippen LogP contribution is 2.35. The van der Waals surface area contributed by atoms with Gasteiger partial charge in [0.25, 0.3) is 0 Å². The average Bonchev–Trinajstić information content (AvgIpc) is 2.34. The van der Waals surface area contributed by atoms with E-state index in [-0.39, 0.29) is 6.04 Å². The molecule has 0 aliphatic heterocycles. The number of rotatable bonds is 5. The van der Waals surface area contributed by atoms with Crippen molar-refractivity contribution < 1.29 is 17.9 Å². The first kappa shape index (κ1) is 15.6. The third-order valence-electron chi connectivity index (χ3n) is 2.96. The van der Waals surface area contributed by atoms with Crippen LogP contribution in [0.5, 0.6) is 5.75 Å². The van der Waals surface area contributed by atoms with Crippen LogP contribution in [0, 0.1) is 0 Å². The Morgan fingerprint density at radius 3 is 2.47 bits per heavy atom. The third kappa shape index (κ3) is 4.02. The van der Waals surface area contributed by atoms with Crippen LogP contribution in [0.2, 0.25) is 0 Å². The predicted octanol–water partition coefficient (Wildman–Crippen LogP) is 2.97. The van der Waals surface area contributed by atoms with Gasteiger partial charge in [0.1, 0.15) is 12.3 Å². The number of alkyl halides is 3. The second-order valence-electron chi connectivity index (χ2n) is 4.37. The van der Waals surface area contributed by atoms with Crippen molar-refractivity contribution in [1.82, 2.24) is 5.32 Å². The van der Waals surface area contributed by atoms with E-state index in [0.717, 1.165) is 5.56 Å². The van der Waals surface area contributed by atoms with Crippen LogP contribution in [0.4, 0.5) is 18.9 Å². The lowest BCUT2D eigenvalue weighted by Gasteiger charge is -2.27. The van der Waals surface area contributed by atoms with Gasteiger partial charge in [-0.05, 0) is 26.1 Å². The van der Waals surface area contributed by atoms with Gasteiger partial charge in [0.2, 0.25) is 0 Å². The standard InChI is InChI=1S/C13H19F3N2O/c1-9(17-2)12-10(6-5-7-11(12)19-4)18(3)8-13(14,15)16/h5-7,9,17H,8H2,1-4H3. The molecule has 0 radical (unpaired) electrons. The summed E-state index contributed by atoms with van der Waals surface area (Å²) in [5.41, 5.74) is 1.23. The van der Waals surface area contributed by atoms with Crippen molar-refractivity contribution in [3.05, 3.63) is 23.8 Å². The van der Waals surface area contributed by atoms with Crippen LogP contribution < -0.4 is 15.0 Å². The lowest BCUT2D eigenvalue weighted by molar-refractivity contribution is -0.119. The van der Waals surface area contributed by atoms with Crippen molar-refractivity contribution in [3.63, 3.8) is 0 Å². The van der Waals surface area contributed by atoms with Gasteiger partial charge in [0.05, 0.1) is 7.11 Å². The van der Waals surface area contributed by atoms with Crippen LogP contribution in [-0.2, 0) is 0 Å². The van der Waals surface area contributed by atoms with E-state index in [1.807, 2.05) is 6.92 Å². The second-order valence-corrected chi connectivity index (χ2v) is 4.37. The van der Waals surface area contributed by atoms with Gasteiger partial charge in [-0.15, -0.1) is 0 Å². The molecule has 1 N–H and O–H groups in total. The van der Waals surface area contributed by atoms with E-state index < -0.39 is 12.7 Å². The summed E-state index contributed by atoms with van der Waals surface area (Å²) in [6.07, 6.45) is -4.24. The van der Waals surface area contributed by atoms with Gasteiger partial charge in [0, 0.05) is 24.3 Å². The van der Waals surface area contributed by atoms with Crippen LogP contribution in [0.1, 0.15) is 18.5 Å². The number of methoxy groups -OCH3 is 1. The highest BCUT2D eigenvalue weighted by Gasteiger charge is 2.30. The van der Waals surface area contributed by atoms with Gasteiger partial charge in [-0.25, -0.2) is 0 Å². The Kier molecular flexibility index (Phi) is 5.05. The van der Waals surface area contributed by atoms with E-state index in [4.69, 9.17) is 4.74 Å². The second kappa shape index (κ2) is 6.14. The first-order chi connectivity index (χ1) is 8.80. The Balaban J connectivity index is 3.19. The summed E-state index contributed by atoms with van der Waals surface area (Å²) in [7, 11) is 4.69. The maximum atomic E-state index is 12.5. The van der Waals surface area contributed by atoms with Gasteiger partial charge < -0.3 is 15.0 Å². The Morgan fingerprint density at radius 2 is 2.00 bits per heavy atom. The van der Waals surface area contributed by atoms with Crippen molar-refractivity contribution in [1.29, 1.82) is 0 Å². The molecule has 0 aliphatic carbocycles. The minimum Gasteiger partial charge on any atom is -0.496 e. The topological polar surface area (TPSA) is 24.5 Å². The Bertz CT molecular complexity index is 421. The summed E-state index contributed by atoms with van der Waals surface area (Å²) < 4.78 is 42.7. The highest BCUT2D eigenvalue weighted by atomic mass is 19.4. The molecule has 0 heterocycles. The minimum atomic E-state index is -4.24. The number of nitrogens with one attached hydrogen (secondary N) is 1. The van der Waals surface area contributed by atoms with Gasteiger partial charge in [0.15, 0.2) is 0 Å². The maximum absolute atomic E-state index is 12.5. The fourth-order valence-electron chi connectivity index (χ4n) is 1.98. The normalized spacial score (nSPS) is 13.2. The monoisotopic (exact) mass is 276 g/mol. The lowest BCUT2D eigenvalue weighted by Crippen LogP contribution is -2.32. The van der Waals surface area contributed by atoms with Crippen molar-refractivity contribution in [2.24, 2.45) is 0 Å². The smallest absolute Gasteiger partial charge is 0.405 e. The molecule has 1 aromatic rings. The molecule has 3 nitrogen and oxygen atoms in total. The molecular weight excluding hydrogens is 257 g/mol. The molecule has 0 saturated heterocycles. The van der Waals surface area contributed by atoms with Crippen molar-refractivity contribution in [3.8, 4) is 5.75 Å². The van der Waals surface area contributed by atoms with E-state index in [9.17, 15) is 13.2 Å². The molecule has 0 aromatic heterocycles. The molecule has 0 aliphatic rings. The van der Waals surface area contributed by atoms with Crippen molar-refractivity contribution in [2.45, 2.75) is 19.1 Å². The summed E-state index contributed by atoms with van der Waals surface area (Å²) in [6, 6.07) is 4.99. The number of halogens is 3. The summed E-state index contributed by atoms with van der Waals surface area (Å²) >= 11 is 0. The first-order valence-electron chi connectivity index (χ1n) is 5.92. The molecule has 0 bridgehead atoms. The molecule has 0 amide bonds. The molecule has 1 atom stereocenters. The number of nitrogens with zero attached hydrogens (tertiary/aromatic N) is 1. The van der Waals surface area contributed by atoms with Gasteiger partial charge in [-0.3, -0.25) is 0 Å². The van der Waals surface area contributed by atoms with Gasteiger partial charge in [-0.2, -0.15) is 13.2 Å². The van der Waals surface area contributed by atoms with E-state index in [1.165, 1.54) is 19.1 Å². The summed E-state index contributed by atoms with van der Waals surface area (Å²) in [5, 5.41) is 3.03. The SMILES string of the molecule is CNC(C)c1c(OC)cccc1N(C)CC(F)(F)F. The van der Waals surface area contributed by atoms with Crippen LogP contribution in [0.3, 0.4) is 0 Å². The zero-order valence-corrected chi connectivity index (χ0v) is 11.5. The number of ether oxygens (including phenoxy) is 1. The first-order valence-corrected chi connectivity index (χ1v) is 5.92. The predicted molar refractivity (Wildman–Crippen MR) is 69.8 cm³/mol. The molecule has 19 heavy (non-hydrogen) atoms. The van der Waals surface area contributed by atoms with Crippen LogP contribution in [-0.4, -0.2) is 33.9 Å². The van der Waals surface area contributed by atoms with E-state index in [0.29, 0.717) is 11.4 Å². The molecule has 1 unspecified atom stereocenters. The van der Waals surface area contributed by atoms with E-state index in [2.05, 4.69) is 5.32 Å². The molecule has 1 rings (SSSR count). The fourth-order valence-corrected chi connectivity index (χ4v) is 1.98. The molecule has 0 spiro atoms. The number of benzene rings is 1. The Morgan fingerprint density at radius 1 is 1.37 bits per heavy atom. The molecular formula is C13H19F3N2O. The number of hydrogen-bond acceptors (Lipinski definition) is 3. The van der Waals surface area contributed by atoms with Gasteiger partial charge in [-0.1, -0.05) is 6.07 Å². The van der Waals surface area contributed by atoms with Crippen LogP contribution in [0.15, 0.2) is 18.2 Å². The Labute approximate surface area is 111 Å². The number of anilines is 1. The molecule has 6 heteroatoms. The fraction of sp³-hybridized carbons (Fsp3) is 0.538. The Hall–Kier alpha value is -1.43. The summed E-state index contributed by atoms with van der Waals surface area (Å²) in [4.78, 5) is 1.19. The average molecular weight is 276 g/mol. The lowest BCUT2D eigenvalue weighted by atomic mass is 10.0. The highest BCUT2D eigenvalue weighted by molar-refractivity contribution is 5.60. The van der Waals surface area contributed by atoms with E-state index in [1.54, 1.807) is 25.2 Å². The zero-order valence-electron chi connectivity index (χ0n) is 11.5. The van der Waals surface area contributed by atoms with Crippen LogP contribution >= 0.6 is 0 Å². The third-order valence-corrected chi connectivity index (χ3v) is 2.96. The quantitative estimate of drug-likeness (QED) is 0.894. The molecule has 0 saturated carbocycles. The molecule has 0 fully saturated rings. The summed E-state index contributed by atoms with van der Waals surface area (Å²) in [6.45, 7) is 0.881. The molecule has 1 aromatic carbocycles.